The normalized spacial score (nSPS) is 20.1. The monoisotopic (exact) mass is 615 g/mol. The summed E-state index contributed by atoms with van der Waals surface area (Å²) in [6, 6.07) is 6.77. The molecule has 2 aromatic carbocycles. The van der Waals surface area contributed by atoms with Crippen molar-refractivity contribution in [3.63, 3.8) is 0 Å². The predicted octanol–water partition coefficient (Wildman–Crippen LogP) is 6.82. The highest BCUT2D eigenvalue weighted by molar-refractivity contribution is 7.22. The van der Waals surface area contributed by atoms with Crippen molar-refractivity contribution in [2.75, 3.05) is 43.0 Å². The van der Waals surface area contributed by atoms with Crippen LogP contribution in [0.3, 0.4) is 0 Å². The molecule has 1 amide bonds. The number of hydrogen-bond donors (Lipinski definition) is 1. The third-order valence-corrected chi connectivity index (χ3v) is 8.59. The Morgan fingerprint density at radius 2 is 1.69 bits per heavy atom. The molecule has 1 aliphatic heterocycles. The van der Waals surface area contributed by atoms with E-state index in [1.165, 1.54) is 23.5 Å². The number of rotatable bonds is 7. The quantitative estimate of drug-likeness (QED) is 0.232. The molecule has 42 heavy (non-hydrogen) atoms. The zero-order valence-corrected chi connectivity index (χ0v) is 23.0. The molecule has 1 aliphatic carbocycles. The number of hydrogen-bond acceptors (Lipinski definition) is 8. The van der Waals surface area contributed by atoms with Gasteiger partial charge in [-0.3, -0.25) is 4.79 Å². The molecule has 2 heterocycles. The number of nitroso groups, excluding NO2 is 1. The van der Waals surface area contributed by atoms with Crippen LogP contribution in [0.4, 0.5) is 42.8 Å². The van der Waals surface area contributed by atoms with Crippen LogP contribution >= 0.6 is 11.3 Å². The van der Waals surface area contributed by atoms with E-state index >= 15 is 0 Å². The van der Waals surface area contributed by atoms with Crippen molar-refractivity contribution in [3.05, 3.63) is 52.4 Å². The number of fused-ring (bicyclic) bond motifs is 1. The van der Waals surface area contributed by atoms with E-state index in [0.717, 1.165) is 24.3 Å². The molecule has 0 radical (unpaired) electrons. The summed E-state index contributed by atoms with van der Waals surface area (Å²) in [5.41, 5.74) is -1.93. The molecule has 226 valence electrons. The van der Waals surface area contributed by atoms with E-state index in [-0.39, 0.29) is 30.3 Å². The Kier molecular flexibility index (Phi) is 8.60. The second-order valence-electron chi connectivity index (χ2n) is 10.3. The molecule has 5 rings (SSSR count). The van der Waals surface area contributed by atoms with Gasteiger partial charge in [0.05, 0.1) is 27.4 Å². The molecule has 15 heteroatoms. The topological polar surface area (TPSA) is 87.1 Å². The van der Waals surface area contributed by atoms with Gasteiger partial charge in [-0.05, 0) is 67.3 Å². The highest BCUT2D eigenvalue weighted by Gasteiger charge is 2.35. The Morgan fingerprint density at radius 3 is 2.33 bits per heavy atom. The minimum Gasteiger partial charge on any atom is -0.382 e. The van der Waals surface area contributed by atoms with E-state index in [2.05, 4.69) is 15.5 Å². The maximum absolute atomic E-state index is 13.2. The number of thiazole rings is 1. The van der Waals surface area contributed by atoms with Gasteiger partial charge in [-0.25, -0.2) is 4.98 Å². The Labute approximate surface area is 240 Å². The number of carbonyl (C=O) groups is 1. The van der Waals surface area contributed by atoms with Crippen molar-refractivity contribution >= 4 is 44.0 Å². The van der Waals surface area contributed by atoms with E-state index in [1.54, 1.807) is 4.90 Å². The van der Waals surface area contributed by atoms with Crippen LogP contribution in [0, 0.1) is 4.91 Å². The molecule has 0 unspecified atom stereocenters. The summed E-state index contributed by atoms with van der Waals surface area (Å²) in [6.07, 6.45) is -6.73. The number of amides is 1. The van der Waals surface area contributed by atoms with Gasteiger partial charge in [0.25, 0.3) is 0 Å². The molecular weight excluding hydrogens is 588 g/mol. The van der Waals surface area contributed by atoms with Crippen LogP contribution in [0.2, 0.25) is 0 Å². The molecule has 0 bridgehead atoms. The summed E-state index contributed by atoms with van der Waals surface area (Å²) in [5.74, 6) is -0.155. The smallest absolute Gasteiger partial charge is 0.382 e. The number of anilines is 2. The van der Waals surface area contributed by atoms with Gasteiger partial charge in [-0.1, -0.05) is 11.3 Å². The standard InChI is InChI=1S/C27H27F6N5O3S/c28-26(29,30)16-1-8-23-22(13-16)35-25(42-23)38-11-9-37(10-12-38)24(39)15-41-19-5-2-17(3-6-19)34-18-4-7-21(36-40)20(14-18)27(31,32)33/h1,4,7-8,13-14,17,19,34H,2-3,5-6,9-12,15H2. The molecule has 1 saturated heterocycles. The van der Waals surface area contributed by atoms with Crippen molar-refractivity contribution in [2.45, 2.75) is 50.2 Å². The van der Waals surface area contributed by atoms with Crippen molar-refractivity contribution in [1.29, 1.82) is 0 Å². The summed E-state index contributed by atoms with van der Waals surface area (Å²) in [6.45, 7) is 1.77. The molecule has 0 spiro atoms. The number of ether oxygens (including phenoxy) is 1. The number of alkyl halides is 6. The highest BCUT2D eigenvalue weighted by atomic mass is 32.1. The first-order valence-electron chi connectivity index (χ1n) is 13.3. The van der Waals surface area contributed by atoms with E-state index in [9.17, 15) is 36.0 Å². The molecule has 2 fully saturated rings. The third kappa shape index (κ3) is 6.94. The average molecular weight is 616 g/mol. The lowest BCUT2D eigenvalue weighted by Gasteiger charge is -2.35. The molecule has 1 aromatic heterocycles. The lowest BCUT2D eigenvalue weighted by molar-refractivity contribution is -0.139. The van der Waals surface area contributed by atoms with Gasteiger partial charge in [0.1, 0.15) is 12.3 Å². The minimum absolute atomic E-state index is 0.0766. The maximum atomic E-state index is 13.2. The Balaban J connectivity index is 1.05. The van der Waals surface area contributed by atoms with Crippen molar-refractivity contribution < 1.29 is 35.9 Å². The minimum atomic E-state index is -4.69. The Morgan fingerprint density at radius 1 is 0.976 bits per heavy atom. The van der Waals surface area contributed by atoms with Crippen LogP contribution in [0.25, 0.3) is 10.2 Å². The van der Waals surface area contributed by atoms with E-state index in [1.807, 2.05) is 4.90 Å². The van der Waals surface area contributed by atoms with Gasteiger partial charge < -0.3 is 19.9 Å². The van der Waals surface area contributed by atoms with Crippen molar-refractivity contribution in [3.8, 4) is 0 Å². The molecule has 1 N–H and O–H groups in total. The summed E-state index contributed by atoms with van der Waals surface area (Å²) in [7, 11) is 0. The van der Waals surface area contributed by atoms with Crippen LogP contribution in [0.1, 0.15) is 36.8 Å². The molecule has 1 saturated carbocycles. The fraction of sp³-hybridized carbons (Fsp3) is 0.481. The summed E-state index contributed by atoms with van der Waals surface area (Å²) >= 11 is 1.31. The maximum Gasteiger partial charge on any atom is 0.418 e. The number of halogens is 6. The fourth-order valence-electron chi connectivity index (χ4n) is 5.20. The lowest BCUT2D eigenvalue weighted by Crippen LogP contribution is -2.50. The van der Waals surface area contributed by atoms with E-state index in [0.29, 0.717) is 67.2 Å². The van der Waals surface area contributed by atoms with Crippen LogP contribution < -0.4 is 10.2 Å². The average Bonchev–Trinajstić information content (AvgIpc) is 3.39. The molecular formula is C27H27F6N5O3S. The van der Waals surface area contributed by atoms with Gasteiger partial charge >= 0.3 is 12.4 Å². The second kappa shape index (κ2) is 12.0. The zero-order chi connectivity index (χ0) is 30.1. The first-order valence-corrected chi connectivity index (χ1v) is 14.2. The number of carbonyl (C=O) groups excluding carboxylic acids is 1. The molecule has 0 atom stereocenters. The first kappa shape index (κ1) is 30.0. The van der Waals surface area contributed by atoms with Gasteiger partial charge in [0.15, 0.2) is 5.13 Å². The van der Waals surface area contributed by atoms with Crippen molar-refractivity contribution in [2.24, 2.45) is 5.18 Å². The highest BCUT2D eigenvalue weighted by Crippen LogP contribution is 2.39. The third-order valence-electron chi connectivity index (χ3n) is 7.49. The van der Waals surface area contributed by atoms with Crippen LogP contribution in [0.15, 0.2) is 41.6 Å². The SMILES string of the molecule is O=Nc1ccc(NC2CCC(OCC(=O)N3CCN(c4nc5cc(C(F)(F)F)ccc5s4)CC3)CC2)cc1C(F)(F)F. The van der Waals surface area contributed by atoms with Crippen LogP contribution in [0.5, 0.6) is 0 Å². The van der Waals surface area contributed by atoms with Gasteiger partial charge in [-0.2, -0.15) is 26.3 Å². The number of aromatic nitrogens is 1. The summed E-state index contributed by atoms with van der Waals surface area (Å²) in [5, 5.41) is 6.16. The van der Waals surface area contributed by atoms with Gasteiger partial charge in [0, 0.05) is 37.9 Å². The molecule has 8 nitrogen and oxygen atoms in total. The van der Waals surface area contributed by atoms with Crippen LogP contribution in [-0.2, 0) is 21.9 Å². The molecule has 3 aromatic rings. The Bertz CT molecular complexity index is 1430. The number of benzene rings is 2. The number of piperazine rings is 1. The molecule has 2 aliphatic rings. The van der Waals surface area contributed by atoms with Crippen LogP contribution in [-0.4, -0.2) is 60.7 Å². The van der Waals surface area contributed by atoms with Crippen molar-refractivity contribution in [1.82, 2.24) is 9.88 Å². The van der Waals surface area contributed by atoms with Gasteiger partial charge in [0.2, 0.25) is 5.91 Å². The second-order valence-corrected chi connectivity index (χ2v) is 11.3. The predicted molar refractivity (Wildman–Crippen MR) is 146 cm³/mol. The largest absolute Gasteiger partial charge is 0.418 e. The number of nitrogens with one attached hydrogen (secondary N) is 1. The fourth-order valence-corrected chi connectivity index (χ4v) is 6.19. The van der Waals surface area contributed by atoms with E-state index < -0.39 is 29.2 Å². The van der Waals surface area contributed by atoms with Gasteiger partial charge in [-0.15, -0.1) is 4.91 Å². The number of nitrogens with zero attached hydrogens (tertiary/aromatic N) is 4. The summed E-state index contributed by atoms with van der Waals surface area (Å²) in [4.78, 5) is 31.5. The lowest BCUT2D eigenvalue weighted by atomic mass is 9.92. The Hall–Kier alpha value is -3.46. The zero-order valence-electron chi connectivity index (χ0n) is 22.2. The first-order chi connectivity index (χ1) is 19.9. The van der Waals surface area contributed by atoms with E-state index in [4.69, 9.17) is 4.74 Å². The summed E-state index contributed by atoms with van der Waals surface area (Å²) < 4.78 is 85.2.